The number of rotatable bonds is 11. The van der Waals surface area contributed by atoms with Crippen LogP contribution in [0.15, 0.2) is 83.0 Å². The Labute approximate surface area is 294 Å². The third kappa shape index (κ3) is 6.92. The third-order valence-corrected chi connectivity index (χ3v) is 11.2. The second-order valence-electron chi connectivity index (χ2n) is 11.1. The standard InChI is InChI=1S/C31H25Cl2F3N8O4S2/c1-43(2)13-12-39-49(45,46)25-15-44(23-10-6-17(34)14-18(23)25)26-11-9-22-30(40-26)31(38-16-37-22)41-29-20(35)7-8-21(28(29)36)42-50(47,48)24-5-3-4-19(32)27(24)33/h3-11,14-16,39,42H,12-13H2,1-2H3,(H,37,38,41). The fraction of sp³-hybridized carbons (Fsp3) is 0.129. The van der Waals surface area contributed by atoms with Gasteiger partial charge in [-0.15, -0.1) is 0 Å². The van der Waals surface area contributed by atoms with Crippen molar-refractivity contribution in [3.05, 3.63) is 101 Å². The minimum atomic E-state index is -4.47. The molecular formula is C31H25Cl2F3N8O4S2. The van der Waals surface area contributed by atoms with Gasteiger partial charge >= 0.3 is 0 Å². The van der Waals surface area contributed by atoms with Gasteiger partial charge in [0.15, 0.2) is 11.6 Å². The molecule has 0 fully saturated rings. The Bertz CT molecular complexity index is 2520. The van der Waals surface area contributed by atoms with E-state index in [4.69, 9.17) is 23.2 Å². The number of nitrogens with one attached hydrogen (secondary N) is 3. The van der Waals surface area contributed by atoms with Gasteiger partial charge in [0.05, 0.1) is 26.8 Å². The van der Waals surface area contributed by atoms with Gasteiger partial charge in [0.25, 0.3) is 10.0 Å². The van der Waals surface area contributed by atoms with Crippen LogP contribution in [0.3, 0.4) is 0 Å². The first-order chi connectivity index (χ1) is 23.7. The molecule has 12 nitrogen and oxygen atoms in total. The van der Waals surface area contributed by atoms with Crippen LogP contribution in [0.4, 0.5) is 30.4 Å². The average molecular weight is 766 g/mol. The minimum absolute atomic E-state index is 0.0120. The van der Waals surface area contributed by atoms with Crippen LogP contribution in [0, 0.1) is 17.5 Å². The summed E-state index contributed by atoms with van der Waals surface area (Å²) >= 11 is 12.0. The molecule has 260 valence electrons. The van der Waals surface area contributed by atoms with Crippen molar-refractivity contribution in [2.75, 3.05) is 37.2 Å². The first-order valence-electron chi connectivity index (χ1n) is 14.5. The van der Waals surface area contributed by atoms with Crippen molar-refractivity contribution >= 4 is 82.4 Å². The predicted octanol–water partition coefficient (Wildman–Crippen LogP) is 6.08. The molecule has 0 aliphatic heterocycles. The molecule has 3 aromatic carbocycles. The Balaban J connectivity index is 1.40. The lowest BCUT2D eigenvalue weighted by Gasteiger charge is -2.15. The average Bonchev–Trinajstić information content (AvgIpc) is 3.44. The van der Waals surface area contributed by atoms with Crippen LogP contribution in [0.5, 0.6) is 0 Å². The molecule has 0 bridgehead atoms. The summed E-state index contributed by atoms with van der Waals surface area (Å²) in [6.45, 7) is 0.516. The van der Waals surface area contributed by atoms with Crippen molar-refractivity contribution in [3.63, 3.8) is 0 Å². The first kappa shape index (κ1) is 35.3. The van der Waals surface area contributed by atoms with E-state index in [0.717, 1.165) is 30.6 Å². The number of aromatic nitrogens is 4. The van der Waals surface area contributed by atoms with E-state index >= 15 is 8.78 Å². The second kappa shape index (κ2) is 13.7. The molecule has 0 aliphatic carbocycles. The molecule has 0 aliphatic rings. The molecule has 0 amide bonds. The van der Waals surface area contributed by atoms with E-state index in [-0.39, 0.29) is 49.5 Å². The van der Waals surface area contributed by atoms with Crippen LogP contribution in [0.1, 0.15) is 0 Å². The molecular weight excluding hydrogens is 740 g/mol. The largest absolute Gasteiger partial charge is 0.333 e. The third-order valence-electron chi connectivity index (χ3n) is 7.37. The maximum atomic E-state index is 15.8. The van der Waals surface area contributed by atoms with Crippen LogP contribution in [-0.4, -0.2) is 68.4 Å². The highest BCUT2D eigenvalue weighted by molar-refractivity contribution is 7.92. The maximum Gasteiger partial charge on any atom is 0.263 e. The van der Waals surface area contributed by atoms with E-state index < -0.39 is 53.8 Å². The van der Waals surface area contributed by atoms with Gasteiger partial charge in [-0.1, -0.05) is 29.3 Å². The molecule has 3 N–H and O–H groups in total. The molecule has 6 rings (SSSR count). The quantitative estimate of drug-likeness (QED) is 0.143. The summed E-state index contributed by atoms with van der Waals surface area (Å²) in [7, 11) is -5.00. The lowest BCUT2D eigenvalue weighted by molar-refractivity contribution is 0.412. The summed E-state index contributed by atoms with van der Waals surface area (Å²) in [6.07, 6.45) is 2.40. The summed E-state index contributed by atoms with van der Waals surface area (Å²) in [6, 6.07) is 12.3. The molecule has 0 spiro atoms. The zero-order valence-electron chi connectivity index (χ0n) is 25.9. The smallest absolute Gasteiger partial charge is 0.263 e. The number of hydrogen-bond donors (Lipinski definition) is 3. The number of sulfonamides is 2. The number of hydrogen-bond acceptors (Lipinski definition) is 9. The molecule has 0 atom stereocenters. The lowest BCUT2D eigenvalue weighted by atomic mass is 10.2. The summed E-state index contributed by atoms with van der Waals surface area (Å²) in [5.41, 5.74) is -0.836. The van der Waals surface area contributed by atoms with Crippen molar-refractivity contribution < 1.29 is 30.0 Å². The second-order valence-corrected chi connectivity index (χ2v) is 15.2. The zero-order valence-corrected chi connectivity index (χ0v) is 29.1. The summed E-state index contributed by atoms with van der Waals surface area (Å²) in [5, 5.41) is 2.30. The van der Waals surface area contributed by atoms with Crippen molar-refractivity contribution in [3.8, 4) is 5.82 Å². The number of fused-ring (bicyclic) bond motifs is 2. The summed E-state index contributed by atoms with van der Waals surface area (Å²) in [5.74, 6) is -3.10. The molecule has 0 saturated heterocycles. The van der Waals surface area contributed by atoms with Crippen molar-refractivity contribution in [1.82, 2.24) is 29.1 Å². The molecule has 0 radical (unpaired) electrons. The summed E-state index contributed by atoms with van der Waals surface area (Å²) in [4.78, 5) is 14.0. The van der Waals surface area contributed by atoms with Gasteiger partial charge in [-0.25, -0.2) is 49.7 Å². The van der Waals surface area contributed by atoms with Crippen LogP contribution in [-0.2, 0) is 20.0 Å². The van der Waals surface area contributed by atoms with Gasteiger partial charge < -0.3 is 10.2 Å². The fourth-order valence-electron chi connectivity index (χ4n) is 4.97. The molecule has 0 unspecified atom stereocenters. The molecule has 3 heterocycles. The maximum absolute atomic E-state index is 15.8. The molecule has 19 heteroatoms. The summed E-state index contributed by atoms with van der Waals surface area (Å²) < 4.78 is 104. The molecule has 50 heavy (non-hydrogen) atoms. The predicted molar refractivity (Wildman–Crippen MR) is 185 cm³/mol. The van der Waals surface area contributed by atoms with Crippen LogP contribution in [0.25, 0.3) is 27.8 Å². The highest BCUT2D eigenvalue weighted by Crippen LogP contribution is 2.35. The molecule has 3 aromatic heterocycles. The van der Waals surface area contributed by atoms with Gasteiger partial charge in [-0.2, -0.15) is 0 Å². The van der Waals surface area contributed by atoms with Gasteiger partial charge in [-0.05, 0) is 68.7 Å². The van der Waals surface area contributed by atoms with Crippen molar-refractivity contribution in [1.29, 1.82) is 0 Å². The van der Waals surface area contributed by atoms with Gasteiger partial charge in [-0.3, -0.25) is 9.29 Å². The van der Waals surface area contributed by atoms with Gasteiger partial charge in [0.1, 0.15) is 44.8 Å². The highest BCUT2D eigenvalue weighted by atomic mass is 35.5. The lowest BCUT2D eigenvalue weighted by Crippen LogP contribution is -2.31. The number of pyridine rings is 1. The van der Waals surface area contributed by atoms with E-state index in [1.165, 1.54) is 47.2 Å². The highest BCUT2D eigenvalue weighted by Gasteiger charge is 2.25. The number of halogens is 5. The number of benzene rings is 3. The van der Waals surface area contributed by atoms with Crippen LogP contribution < -0.4 is 14.8 Å². The van der Waals surface area contributed by atoms with Crippen molar-refractivity contribution in [2.24, 2.45) is 0 Å². The van der Waals surface area contributed by atoms with E-state index in [1.54, 1.807) is 19.0 Å². The molecule has 6 aromatic rings. The number of anilines is 3. The van der Waals surface area contributed by atoms with Crippen LogP contribution in [0.2, 0.25) is 10.0 Å². The molecule has 0 saturated carbocycles. The van der Waals surface area contributed by atoms with Crippen LogP contribution >= 0.6 is 23.2 Å². The Morgan fingerprint density at radius 1 is 0.900 bits per heavy atom. The van der Waals surface area contributed by atoms with Crippen molar-refractivity contribution in [2.45, 2.75) is 9.79 Å². The Morgan fingerprint density at radius 3 is 2.44 bits per heavy atom. The first-order valence-corrected chi connectivity index (χ1v) is 18.2. The zero-order chi connectivity index (χ0) is 36.0. The van der Waals surface area contributed by atoms with Gasteiger partial charge in [0.2, 0.25) is 10.0 Å². The monoisotopic (exact) mass is 764 g/mol. The Hall–Kier alpha value is -4.52. The minimum Gasteiger partial charge on any atom is -0.333 e. The van der Waals surface area contributed by atoms with E-state index in [9.17, 15) is 21.2 Å². The van der Waals surface area contributed by atoms with E-state index in [0.29, 0.717) is 12.1 Å². The van der Waals surface area contributed by atoms with E-state index in [1.807, 2.05) is 0 Å². The number of likely N-dealkylation sites (N-methyl/N-ethyl adjacent to an activating group) is 1. The SMILES string of the molecule is CN(C)CCNS(=O)(=O)c1cn(-c2ccc3ncnc(Nc4c(F)ccc(NS(=O)(=O)c5cccc(Cl)c5Cl)c4F)c3n2)c2ccc(F)cc12. The topological polar surface area (TPSA) is 151 Å². The van der Waals surface area contributed by atoms with Gasteiger partial charge in [0, 0.05) is 24.7 Å². The Kier molecular flexibility index (Phi) is 9.64. The van der Waals surface area contributed by atoms with E-state index in [2.05, 4.69) is 29.7 Å². The fourth-order valence-corrected chi connectivity index (χ4v) is 8.00. The Morgan fingerprint density at radius 2 is 1.68 bits per heavy atom. The number of nitrogens with zero attached hydrogens (tertiary/aromatic N) is 5. The normalized spacial score (nSPS) is 12.2.